The number of hydrogen-bond donors (Lipinski definition) is 0. The first-order valence-corrected chi connectivity index (χ1v) is 9.20. The summed E-state index contributed by atoms with van der Waals surface area (Å²) < 4.78 is 0. The number of carbonyl (C=O) groups is 2. The van der Waals surface area contributed by atoms with Crippen LogP contribution in [0.3, 0.4) is 0 Å². The van der Waals surface area contributed by atoms with E-state index in [0.717, 1.165) is 5.56 Å². The zero-order chi connectivity index (χ0) is 22.1. The highest BCUT2D eigenvalue weighted by Crippen LogP contribution is 2.33. The molecule has 2 amide bonds. The Morgan fingerprint density at radius 3 is 2.40 bits per heavy atom. The number of nitro groups is 1. The summed E-state index contributed by atoms with van der Waals surface area (Å²) in [5.41, 5.74) is -0.516. The number of nitriles is 1. The van der Waals surface area contributed by atoms with Crippen molar-refractivity contribution < 1.29 is 14.5 Å². The minimum Gasteiger partial charge on any atom is -0.326 e. The van der Waals surface area contributed by atoms with E-state index in [1.54, 1.807) is 6.92 Å². The number of carbonyl (C=O) groups excluding carboxylic acids is 2. The highest BCUT2D eigenvalue weighted by atomic mass is 16.6. The Labute approximate surface area is 173 Å². The van der Waals surface area contributed by atoms with Gasteiger partial charge >= 0.3 is 0 Å². The largest absolute Gasteiger partial charge is 0.326 e. The van der Waals surface area contributed by atoms with Crippen LogP contribution in [0.5, 0.6) is 0 Å². The molecule has 3 rings (SSSR count). The molecule has 0 radical (unpaired) electrons. The van der Waals surface area contributed by atoms with Gasteiger partial charge in [-0.15, -0.1) is 0 Å². The molecule has 0 aromatic heterocycles. The Bertz CT molecular complexity index is 1100. The van der Waals surface area contributed by atoms with Crippen molar-refractivity contribution in [3.63, 3.8) is 0 Å². The Kier molecular flexibility index (Phi) is 5.39. The van der Waals surface area contributed by atoms with E-state index in [9.17, 15) is 25.0 Å². The molecule has 0 N–H and O–H groups in total. The Morgan fingerprint density at radius 2 is 1.80 bits per heavy atom. The van der Waals surface area contributed by atoms with E-state index in [2.05, 4.69) is 0 Å². The molecule has 0 spiro atoms. The van der Waals surface area contributed by atoms with E-state index >= 15 is 0 Å². The quantitative estimate of drug-likeness (QED) is 0.442. The van der Waals surface area contributed by atoms with Gasteiger partial charge < -0.3 is 9.80 Å². The summed E-state index contributed by atoms with van der Waals surface area (Å²) >= 11 is 0. The van der Waals surface area contributed by atoms with Crippen molar-refractivity contribution in [2.75, 3.05) is 14.1 Å². The number of nitro benzene ring substituents is 1. The molecule has 30 heavy (non-hydrogen) atoms. The molecule has 1 heterocycles. The van der Waals surface area contributed by atoms with Crippen molar-refractivity contribution in [3.05, 3.63) is 81.0 Å². The number of hydrogen-bond acceptors (Lipinski definition) is 5. The fourth-order valence-electron chi connectivity index (χ4n) is 3.60. The highest BCUT2D eigenvalue weighted by molar-refractivity contribution is 6.09. The molecule has 2 aromatic carbocycles. The van der Waals surface area contributed by atoms with Gasteiger partial charge in [0.25, 0.3) is 17.5 Å². The van der Waals surface area contributed by atoms with Gasteiger partial charge in [-0.3, -0.25) is 19.7 Å². The predicted molar refractivity (Wildman–Crippen MR) is 110 cm³/mol. The van der Waals surface area contributed by atoms with Gasteiger partial charge in [-0.1, -0.05) is 36.4 Å². The molecule has 1 fully saturated rings. The summed E-state index contributed by atoms with van der Waals surface area (Å²) in [7, 11) is 3.00. The summed E-state index contributed by atoms with van der Waals surface area (Å²) in [6.07, 6.45) is 1.57. The number of nitrogens with zero attached hydrogens (tertiary/aromatic N) is 4. The van der Waals surface area contributed by atoms with E-state index in [0.29, 0.717) is 6.42 Å². The topological polar surface area (TPSA) is 108 Å². The molecule has 0 saturated carbocycles. The maximum absolute atomic E-state index is 13.3. The summed E-state index contributed by atoms with van der Waals surface area (Å²) in [6, 6.07) is 15.4. The molecule has 2 aromatic rings. The van der Waals surface area contributed by atoms with E-state index < -0.39 is 16.4 Å². The highest BCUT2D eigenvalue weighted by Gasteiger charge is 2.48. The van der Waals surface area contributed by atoms with Crippen LogP contribution in [0.1, 0.15) is 23.6 Å². The molecule has 1 aliphatic rings. The van der Waals surface area contributed by atoms with Gasteiger partial charge in [0.15, 0.2) is 0 Å². The molecular formula is C22H20N4O4. The van der Waals surface area contributed by atoms with Gasteiger partial charge in [0.1, 0.15) is 17.3 Å². The van der Waals surface area contributed by atoms with Crippen LogP contribution >= 0.6 is 0 Å². The lowest BCUT2D eigenvalue weighted by Gasteiger charge is -2.45. The van der Waals surface area contributed by atoms with Crippen LogP contribution < -0.4 is 0 Å². The Morgan fingerprint density at radius 1 is 1.13 bits per heavy atom. The van der Waals surface area contributed by atoms with Crippen LogP contribution in [-0.2, 0) is 16.0 Å². The molecule has 0 bridgehead atoms. The first-order chi connectivity index (χ1) is 14.2. The average Bonchev–Trinajstić information content (AvgIpc) is 2.74. The van der Waals surface area contributed by atoms with E-state index in [4.69, 9.17) is 0 Å². The van der Waals surface area contributed by atoms with Gasteiger partial charge in [0, 0.05) is 26.6 Å². The van der Waals surface area contributed by atoms with Gasteiger partial charge in [-0.2, -0.15) is 5.26 Å². The zero-order valence-electron chi connectivity index (χ0n) is 16.8. The smallest absolute Gasteiger partial charge is 0.278 e. The van der Waals surface area contributed by atoms with Gasteiger partial charge in [0.05, 0.1) is 16.1 Å². The molecule has 8 nitrogen and oxygen atoms in total. The molecular weight excluding hydrogens is 384 g/mol. The minimum atomic E-state index is -1.12. The van der Waals surface area contributed by atoms with Crippen molar-refractivity contribution in [2.24, 2.45) is 0 Å². The van der Waals surface area contributed by atoms with Crippen LogP contribution in [0.25, 0.3) is 6.08 Å². The Hall–Kier alpha value is -3.99. The summed E-state index contributed by atoms with van der Waals surface area (Å²) in [6.45, 7) is 1.69. The lowest BCUT2D eigenvalue weighted by atomic mass is 9.87. The Balaban J connectivity index is 2.08. The zero-order valence-corrected chi connectivity index (χ0v) is 16.8. The number of rotatable bonds is 4. The monoisotopic (exact) mass is 404 g/mol. The van der Waals surface area contributed by atoms with Crippen LogP contribution in [0, 0.1) is 21.4 Å². The average molecular weight is 404 g/mol. The predicted octanol–water partition coefficient (Wildman–Crippen LogP) is 2.74. The number of piperazine rings is 1. The molecule has 1 unspecified atom stereocenters. The van der Waals surface area contributed by atoms with E-state index in [1.165, 1.54) is 48.2 Å². The number of amides is 2. The second kappa shape index (κ2) is 7.79. The van der Waals surface area contributed by atoms with Crippen molar-refractivity contribution in [1.82, 2.24) is 9.80 Å². The van der Waals surface area contributed by atoms with Crippen molar-refractivity contribution in [2.45, 2.75) is 18.9 Å². The normalized spacial score (nSPS) is 20.4. The minimum absolute atomic E-state index is 0.00642. The van der Waals surface area contributed by atoms with Gasteiger partial charge in [0.2, 0.25) is 0 Å². The third-order valence-corrected chi connectivity index (χ3v) is 5.46. The number of likely N-dealkylation sites (N-methyl/N-ethyl adjacent to an activating group) is 2. The fourth-order valence-corrected chi connectivity index (χ4v) is 3.60. The van der Waals surface area contributed by atoms with E-state index in [-0.39, 0.29) is 28.4 Å². The molecule has 1 atom stereocenters. The summed E-state index contributed by atoms with van der Waals surface area (Å²) in [4.78, 5) is 39.8. The standard InChI is InChI=1S/C22H20N4O4/c1-22(13-15-8-5-4-6-9-15)21(28)24(2)19(20(27)25(22)3)12-17-16(14-23)10-7-11-18(17)26(29)30/h4-12H,13H2,1-3H3. The molecule has 0 aliphatic carbocycles. The summed E-state index contributed by atoms with van der Waals surface area (Å²) in [5, 5.41) is 20.8. The lowest BCUT2D eigenvalue weighted by molar-refractivity contribution is -0.385. The fraction of sp³-hybridized carbons (Fsp3) is 0.227. The van der Waals surface area contributed by atoms with Gasteiger partial charge in [-0.05, 0) is 24.6 Å². The molecule has 152 valence electrons. The number of benzene rings is 2. The summed E-state index contributed by atoms with van der Waals surface area (Å²) in [5.74, 6) is -0.783. The third-order valence-electron chi connectivity index (χ3n) is 5.46. The maximum atomic E-state index is 13.3. The van der Waals surface area contributed by atoms with E-state index in [1.807, 2.05) is 36.4 Å². The second-order valence-electron chi connectivity index (χ2n) is 7.30. The van der Waals surface area contributed by atoms with Gasteiger partial charge in [-0.25, -0.2) is 0 Å². The first-order valence-electron chi connectivity index (χ1n) is 9.20. The molecule has 1 saturated heterocycles. The SMILES string of the molecule is CN1C(=O)C(C)(Cc2ccccc2)N(C)C(=O)C1=Cc1c(C#N)cccc1[N+](=O)[O-]. The van der Waals surface area contributed by atoms with Crippen LogP contribution in [0.15, 0.2) is 54.2 Å². The second-order valence-corrected chi connectivity index (χ2v) is 7.30. The van der Waals surface area contributed by atoms with Crippen LogP contribution in [-0.4, -0.2) is 46.2 Å². The third kappa shape index (κ3) is 3.42. The van der Waals surface area contributed by atoms with Crippen LogP contribution in [0.2, 0.25) is 0 Å². The lowest BCUT2D eigenvalue weighted by Crippen LogP contribution is -2.64. The van der Waals surface area contributed by atoms with Crippen molar-refractivity contribution in [1.29, 1.82) is 5.26 Å². The van der Waals surface area contributed by atoms with Crippen molar-refractivity contribution >= 4 is 23.6 Å². The molecule has 8 heteroatoms. The molecule has 1 aliphatic heterocycles. The maximum Gasteiger partial charge on any atom is 0.278 e. The first kappa shape index (κ1) is 20.7. The van der Waals surface area contributed by atoms with Crippen LogP contribution in [0.4, 0.5) is 5.69 Å². The van der Waals surface area contributed by atoms with Crippen molar-refractivity contribution in [3.8, 4) is 6.07 Å².